The van der Waals surface area contributed by atoms with Crippen LogP contribution in [0.25, 0.3) is 5.69 Å². The molecule has 0 spiro atoms. The lowest BCUT2D eigenvalue weighted by atomic mass is 10.0. The van der Waals surface area contributed by atoms with Gasteiger partial charge in [-0.15, -0.1) is 0 Å². The zero-order valence-electron chi connectivity index (χ0n) is 18.6. The summed E-state index contributed by atoms with van der Waals surface area (Å²) >= 11 is 0. The van der Waals surface area contributed by atoms with Crippen LogP contribution < -0.4 is 10.7 Å². The summed E-state index contributed by atoms with van der Waals surface area (Å²) < 4.78 is 42.3. The lowest BCUT2D eigenvalue weighted by Gasteiger charge is -2.34. The Morgan fingerprint density at radius 1 is 1.09 bits per heavy atom. The molecule has 1 saturated heterocycles. The van der Waals surface area contributed by atoms with E-state index in [2.05, 4.69) is 10.4 Å². The van der Waals surface area contributed by atoms with E-state index < -0.39 is 27.2 Å². The maximum Gasteiger partial charge on any atom is 0.280 e. The summed E-state index contributed by atoms with van der Waals surface area (Å²) in [5.74, 6) is -1.15. The number of sulfonamides is 1. The first kappa shape index (κ1) is 23.8. The van der Waals surface area contributed by atoms with Crippen molar-refractivity contribution in [3.05, 3.63) is 82.5 Å². The number of nitrogens with one attached hydrogen (secondary N) is 1. The van der Waals surface area contributed by atoms with Crippen LogP contribution in [0.5, 0.6) is 0 Å². The van der Waals surface area contributed by atoms with E-state index in [0.29, 0.717) is 17.9 Å². The van der Waals surface area contributed by atoms with Gasteiger partial charge in [0.1, 0.15) is 5.82 Å². The van der Waals surface area contributed by atoms with Crippen molar-refractivity contribution >= 4 is 21.6 Å². The summed E-state index contributed by atoms with van der Waals surface area (Å²) in [6.45, 7) is 2.48. The fourth-order valence-corrected chi connectivity index (χ4v) is 5.80. The van der Waals surface area contributed by atoms with E-state index in [1.165, 1.54) is 65.5 Å². The monoisotopic (exact) mass is 484 g/mol. The molecule has 1 fully saturated rings. The summed E-state index contributed by atoms with van der Waals surface area (Å²) in [6, 6.07) is 12.5. The minimum absolute atomic E-state index is 0.00874. The molecule has 2 heterocycles. The van der Waals surface area contributed by atoms with E-state index in [1.54, 1.807) is 4.31 Å². The molecule has 0 bridgehead atoms. The molecule has 34 heavy (non-hydrogen) atoms. The average Bonchev–Trinajstić information content (AvgIpc) is 2.85. The van der Waals surface area contributed by atoms with Crippen LogP contribution in [0.1, 0.15) is 43.1 Å². The molecule has 0 saturated carbocycles. The predicted octanol–water partition coefficient (Wildman–Crippen LogP) is 3.58. The number of hydrogen-bond acceptors (Lipinski definition) is 5. The highest BCUT2D eigenvalue weighted by atomic mass is 32.2. The summed E-state index contributed by atoms with van der Waals surface area (Å²) in [5, 5.41) is 6.65. The van der Waals surface area contributed by atoms with E-state index in [9.17, 15) is 22.4 Å². The predicted molar refractivity (Wildman–Crippen MR) is 126 cm³/mol. The normalized spacial score (nSPS) is 16.8. The minimum atomic E-state index is -3.64. The van der Waals surface area contributed by atoms with Gasteiger partial charge in [0.05, 0.1) is 10.6 Å². The lowest BCUT2D eigenvalue weighted by molar-refractivity contribution is 0.101. The van der Waals surface area contributed by atoms with Crippen molar-refractivity contribution in [2.24, 2.45) is 0 Å². The highest BCUT2D eigenvalue weighted by molar-refractivity contribution is 7.89. The second-order valence-electron chi connectivity index (χ2n) is 8.10. The quantitative estimate of drug-likeness (QED) is 0.576. The molecule has 1 aliphatic rings. The molecular formula is C24H25FN4O4S. The zero-order chi connectivity index (χ0) is 24.3. The number of anilines is 1. The van der Waals surface area contributed by atoms with E-state index in [1.807, 2.05) is 6.92 Å². The Balaban J connectivity index is 1.53. The fourth-order valence-electron chi connectivity index (χ4n) is 4.04. The molecule has 0 aliphatic carbocycles. The number of rotatable bonds is 6. The molecule has 0 radical (unpaired) electrons. The lowest BCUT2D eigenvalue weighted by Crippen LogP contribution is -2.43. The van der Waals surface area contributed by atoms with E-state index >= 15 is 0 Å². The van der Waals surface area contributed by atoms with Gasteiger partial charge in [-0.1, -0.05) is 13.3 Å². The number of piperidine rings is 1. The average molecular weight is 485 g/mol. The van der Waals surface area contributed by atoms with Crippen molar-refractivity contribution in [1.29, 1.82) is 0 Å². The van der Waals surface area contributed by atoms with Crippen molar-refractivity contribution in [3.63, 3.8) is 0 Å². The number of hydrogen-bond donors (Lipinski definition) is 1. The van der Waals surface area contributed by atoms with Crippen molar-refractivity contribution in [1.82, 2.24) is 14.1 Å². The van der Waals surface area contributed by atoms with Gasteiger partial charge in [0, 0.05) is 30.5 Å². The third-order valence-corrected chi connectivity index (χ3v) is 7.84. The van der Waals surface area contributed by atoms with Crippen LogP contribution in [0, 0.1) is 5.82 Å². The first-order valence-corrected chi connectivity index (χ1v) is 12.5. The van der Waals surface area contributed by atoms with Gasteiger partial charge in [0.15, 0.2) is 5.69 Å². The number of carbonyl (C=O) groups is 1. The third-order valence-electron chi connectivity index (χ3n) is 5.88. The summed E-state index contributed by atoms with van der Waals surface area (Å²) in [5.41, 5.74) is -0.116. The maximum absolute atomic E-state index is 13.2. The smallest absolute Gasteiger partial charge is 0.280 e. The van der Waals surface area contributed by atoms with Gasteiger partial charge in [0.2, 0.25) is 15.5 Å². The topological polar surface area (TPSA) is 101 Å². The molecule has 10 heteroatoms. The van der Waals surface area contributed by atoms with Gasteiger partial charge < -0.3 is 5.32 Å². The van der Waals surface area contributed by atoms with E-state index in [0.717, 1.165) is 25.7 Å². The molecule has 1 atom stereocenters. The maximum atomic E-state index is 13.2. The molecule has 1 aromatic heterocycles. The molecule has 1 N–H and O–H groups in total. The fraction of sp³-hybridized carbons (Fsp3) is 0.292. The van der Waals surface area contributed by atoms with Crippen LogP contribution >= 0.6 is 0 Å². The van der Waals surface area contributed by atoms with Crippen molar-refractivity contribution < 1.29 is 17.6 Å². The van der Waals surface area contributed by atoms with Gasteiger partial charge in [0.25, 0.3) is 5.91 Å². The molecule has 1 aliphatic heterocycles. The van der Waals surface area contributed by atoms with Crippen LogP contribution in [0.15, 0.2) is 70.5 Å². The Morgan fingerprint density at radius 2 is 1.79 bits per heavy atom. The molecule has 4 rings (SSSR count). The van der Waals surface area contributed by atoms with Gasteiger partial charge in [-0.3, -0.25) is 9.59 Å². The Bertz CT molecular complexity index is 1340. The van der Waals surface area contributed by atoms with Crippen LogP contribution in [0.2, 0.25) is 0 Å². The summed E-state index contributed by atoms with van der Waals surface area (Å²) in [6.07, 6.45) is 4.85. The molecule has 3 aromatic rings. The highest BCUT2D eigenvalue weighted by Crippen LogP contribution is 2.27. The molecule has 178 valence electrons. The van der Waals surface area contributed by atoms with Crippen LogP contribution in [0.3, 0.4) is 0 Å². The molecule has 8 nitrogen and oxygen atoms in total. The first-order valence-electron chi connectivity index (χ1n) is 11.1. The Kier molecular flexibility index (Phi) is 6.90. The number of nitrogens with zero attached hydrogens (tertiary/aromatic N) is 3. The van der Waals surface area contributed by atoms with Gasteiger partial charge in [-0.05, 0) is 67.8 Å². The van der Waals surface area contributed by atoms with Crippen molar-refractivity contribution in [3.8, 4) is 5.69 Å². The van der Waals surface area contributed by atoms with Gasteiger partial charge in [-0.2, -0.15) is 9.40 Å². The second-order valence-corrected chi connectivity index (χ2v) is 9.99. The number of aromatic nitrogens is 2. The largest absolute Gasteiger partial charge is 0.320 e. The van der Waals surface area contributed by atoms with Gasteiger partial charge in [-0.25, -0.2) is 17.5 Å². The standard InChI is InChI=1S/C24H25FN4O4S/c1-2-19-5-3-4-15-29(19)34(32,33)21-12-8-18(9-13-21)26-24(31)23-22(30)14-16-28(27-23)20-10-6-17(25)7-11-20/h6-14,16,19H,2-5,15H2,1H3,(H,26,31)/t19-/m1/s1. The van der Waals surface area contributed by atoms with Crippen LogP contribution in [0.4, 0.5) is 10.1 Å². The zero-order valence-corrected chi connectivity index (χ0v) is 19.5. The second kappa shape index (κ2) is 9.86. The molecular weight excluding hydrogens is 459 g/mol. The minimum Gasteiger partial charge on any atom is -0.320 e. The molecule has 2 aromatic carbocycles. The Hall–Kier alpha value is -3.37. The number of carbonyl (C=O) groups excluding carboxylic acids is 1. The van der Waals surface area contributed by atoms with Crippen molar-refractivity contribution in [2.45, 2.75) is 43.5 Å². The summed E-state index contributed by atoms with van der Waals surface area (Å²) in [4.78, 5) is 25.1. The van der Waals surface area contributed by atoms with Crippen LogP contribution in [-0.4, -0.2) is 41.0 Å². The number of amides is 1. The number of halogens is 1. The molecule has 0 unspecified atom stereocenters. The van der Waals surface area contributed by atoms with Crippen LogP contribution in [-0.2, 0) is 10.0 Å². The highest BCUT2D eigenvalue weighted by Gasteiger charge is 2.32. The van der Waals surface area contributed by atoms with Gasteiger partial charge >= 0.3 is 0 Å². The van der Waals surface area contributed by atoms with Crippen molar-refractivity contribution in [2.75, 3.05) is 11.9 Å². The van der Waals surface area contributed by atoms with E-state index in [-0.39, 0.29) is 16.6 Å². The number of benzene rings is 2. The van der Waals surface area contributed by atoms with E-state index in [4.69, 9.17) is 0 Å². The SMILES string of the molecule is CC[C@@H]1CCCCN1S(=O)(=O)c1ccc(NC(=O)c2nn(-c3ccc(F)cc3)ccc2=O)cc1. The first-order chi connectivity index (χ1) is 16.3. The third kappa shape index (κ3) is 4.92. The summed E-state index contributed by atoms with van der Waals surface area (Å²) in [7, 11) is -3.64. The Morgan fingerprint density at radius 3 is 2.47 bits per heavy atom. The molecule has 1 amide bonds. The Labute approximate surface area is 197 Å².